The number of nitrogens with one attached hydrogen (secondary N) is 2. The molecule has 1 aromatic heterocycles. The summed E-state index contributed by atoms with van der Waals surface area (Å²) in [4.78, 5) is 17.7. The topological polar surface area (TPSA) is 48.1 Å². The van der Waals surface area contributed by atoms with Crippen LogP contribution in [0.15, 0.2) is 59.2 Å². The number of amides is 1. The number of carbonyl (C=O) groups excluding carboxylic acids is 1. The second-order valence-corrected chi connectivity index (χ2v) is 8.51. The molecule has 0 bridgehead atoms. The van der Waals surface area contributed by atoms with Crippen molar-refractivity contribution >= 4 is 38.8 Å². The Morgan fingerprint density at radius 3 is 3.00 bits per heavy atom. The van der Waals surface area contributed by atoms with Crippen molar-refractivity contribution in [3.63, 3.8) is 0 Å². The standard InChI is InChI=1S/C24H26BrN3O/c25-22-6-5-21-17-28(14-10-19(21)16-22)13-2-1-11-27-24(29)8-4-18-3-7-23-20(15-18)9-12-26-23/h3-9,12,15-16,26H,1-2,10-11,13-14,17H2,(H,27,29)/b8-4+. The molecule has 0 saturated carbocycles. The van der Waals surface area contributed by atoms with Gasteiger partial charge in [0.15, 0.2) is 0 Å². The van der Waals surface area contributed by atoms with Gasteiger partial charge in [-0.25, -0.2) is 0 Å². The first kappa shape index (κ1) is 19.9. The van der Waals surface area contributed by atoms with E-state index in [0.29, 0.717) is 0 Å². The van der Waals surface area contributed by atoms with Crippen molar-refractivity contribution < 1.29 is 4.79 Å². The average molecular weight is 452 g/mol. The first-order chi connectivity index (χ1) is 14.2. The fraction of sp³-hybridized carbons (Fsp3) is 0.292. The zero-order valence-corrected chi connectivity index (χ0v) is 18.0. The van der Waals surface area contributed by atoms with Crippen molar-refractivity contribution in [3.05, 3.63) is 75.9 Å². The van der Waals surface area contributed by atoms with E-state index < -0.39 is 0 Å². The molecular weight excluding hydrogens is 426 g/mol. The average Bonchev–Trinajstić information content (AvgIpc) is 3.20. The molecule has 0 radical (unpaired) electrons. The lowest BCUT2D eigenvalue weighted by molar-refractivity contribution is -0.116. The molecule has 4 nitrogen and oxygen atoms in total. The van der Waals surface area contributed by atoms with E-state index in [1.54, 1.807) is 6.08 Å². The number of carbonyl (C=O) groups is 1. The minimum atomic E-state index is -0.0309. The Labute approximate surface area is 180 Å². The van der Waals surface area contributed by atoms with Crippen LogP contribution in [0.5, 0.6) is 0 Å². The number of nitrogens with zero attached hydrogens (tertiary/aromatic N) is 1. The molecule has 0 saturated heterocycles. The van der Waals surface area contributed by atoms with E-state index >= 15 is 0 Å². The smallest absolute Gasteiger partial charge is 0.243 e. The van der Waals surface area contributed by atoms with Gasteiger partial charge in [0, 0.05) is 41.9 Å². The largest absolute Gasteiger partial charge is 0.361 e. The van der Waals surface area contributed by atoms with Gasteiger partial charge in [-0.1, -0.05) is 28.1 Å². The van der Waals surface area contributed by atoms with Crippen LogP contribution in [0.25, 0.3) is 17.0 Å². The SMILES string of the molecule is O=C(/C=C/c1ccc2[nH]ccc2c1)NCCCCN1CCc2cc(Br)ccc2C1. The Kier molecular flexibility index (Phi) is 6.47. The van der Waals surface area contributed by atoms with Gasteiger partial charge in [0.2, 0.25) is 5.91 Å². The van der Waals surface area contributed by atoms with E-state index in [-0.39, 0.29) is 5.91 Å². The van der Waals surface area contributed by atoms with Crippen molar-refractivity contribution in [2.24, 2.45) is 0 Å². The summed E-state index contributed by atoms with van der Waals surface area (Å²) in [5, 5.41) is 4.14. The highest BCUT2D eigenvalue weighted by Crippen LogP contribution is 2.23. The Morgan fingerprint density at radius 2 is 2.07 bits per heavy atom. The van der Waals surface area contributed by atoms with Gasteiger partial charge < -0.3 is 10.3 Å². The number of fused-ring (bicyclic) bond motifs is 2. The van der Waals surface area contributed by atoms with Gasteiger partial charge in [-0.15, -0.1) is 0 Å². The lowest BCUT2D eigenvalue weighted by Gasteiger charge is -2.28. The number of rotatable bonds is 7. The van der Waals surface area contributed by atoms with E-state index in [0.717, 1.165) is 61.9 Å². The summed E-state index contributed by atoms with van der Waals surface area (Å²) >= 11 is 3.55. The number of benzene rings is 2. The monoisotopic (exact) mass is 451 g/mol. The summed E-state index contributed by atoms with van der Waals surface area (Å²) in [6.45, 7) is 3.95. The number of hydrogen-bond acceptors (Lipinski definition) is 2. The summed E-state index contributed by atoms with van der Waals surface area (Å²) in [6.07, 6.45) is 8.62. The summed E-state index contributed by atoms with van der Waals surface area (Å²) in [7, 11) is 0. The minimum Gasteiger partial charge on any atom is -0.361 e. The number of H-pyrrole nitrogens is 1. The molecule has 1 aliphatic rings. The molecule has 1 amide bonds. The van der Waals surface area contributed by atoms with Gasteiger partial charge in [0.05, 0.1) is 0 Å². The highest BCUT2D eigenvalue weighted by Gasteiger charge is 2.15. The fourth-order valence-corrected chi connectivity index (χ4v) is 4.26. The Hall–Kier alpha value is -2.37. The van der Waals surface area contributed by atoms with Crippen LogP contribution in [0.3, 0.4) is 0 Å². The van der Waals surface area contributed by atoms with Crippen LogP contribution in [0.1, 0.15) is 29.5 Å². The molecule has 0 unspecified atom stereocenters. The van der Waals surface area contributed by atoms with Crippen molar-refractivity contribution in [1.82, 2.24) is 15.2 Å². The molecular formula is C24H26BrN3O. The van der Waals surface area contributed by atoms with E-state index in [9.17, 15) is 4.79 Å². The normalized spacial score (nSPS) is 14.4. The van der Waals surface area contributed by atoms with E-state index in [4.69, 9.17) is 0 Å². The third kappa shape index (κ3) is 5.37. The summed E-state index contributed by atoms with van der Waals surface area (Å²) < 4.78 is 1.17. The quantitative estimate of drug-likeness (QED) is 0.396. The van der Waals surface area contributed by atoms with Crippen LogP contribution in [0.4, 0.5) is 0 Å². The summed E-state index contributed by atoms with van der Waals surface area (Å²) in [6, 6.07) is 14.8. The number of aromatic nitrogens is 1. The molecule has 150 valence electrons. The van der Waals surface area contributed by atoms with Gasteiger partial charge in [-0.05, 0) is 84.3 Å². The lowest BCUT2D eigenvalue weighted by Crippen LogP contribution is -2.32. The summed E-state index contributed by atoms with van der Waals surface area (Å²) in [5.74, 6) is -0.0309. The predicted octanol–water partition coefficient (Wildman–Crippen LogP) is 4.90. The van der Waals surface area contributed by atoms with Crippen LogP contribution < -0.4 is 5.32 Å². The zero-order valence-electron chi connectivity index (χ0n) is 16.5. The van der Waals surface area contributed by atoms with Crippen molar-refractivity contribution in [1.29, 1.82) is 0 Å². The predicted molar refractivity (Wildman–Crippen MR) is 123 cm³/mol. The van der Waals surface area contributed by atoms with Gasteiger partial charge in [-0.2, -0.15) is 0 Å². The van der Waals surface area contributed by atoms with Crippen LogP contribution in [-0.2, 0) is 17.8 Å². The second-order valence-electron chi connectivity index (χ2n) is 7.60. The second kappa shape index (κ2) is 9.42. The number of aromatic amines is 1. The molecule has 2 N–H and O–H groups in total. The number of halogens is 1. The first-order valence-electron chi connectivity index (χ1n) is 10.2. The molecule has 0 aliphatic carbocycles. The number of hydrogen-bond donors (Lipinski definition) is 2. The van der Waals surface area contributed by atoms with Crippen LogP contribution in [-0.4, -0.2) is 35.4 Å². The maximum Gasteiger partial charge on any atom is 0.243 e. The Balaban J connectivity index is 1.15. The molecule has 2 heterocycles. The zero-order chi connectivity index (χ0) is 20.1. The van der Waals surface area contributed by atoms with Gasteiger partial charge in [0.1, 0.15) is 0 Å². The third-order valence-corrected chi connectivity index (χ3v) is 5.96. The minimum absolute atomic E-state index is 0.0309. The molecule has 0 spiro atoms. The van der Waals surface area contributed by atoms with E-state index in [1.165, 1.54) is 15.6 Å². The van der Waals surface area contributed by atoms with Crippen LogP contribution in [0.2, 0.25) is 0 Å². The number of unbranched alkanes of at least 4 members (excludes halogenated alkanes) is 1. The van der Waals surface area contributed by atoms with Crippen molar-refractivity contribution in [3.8, 4) is 0 Å². The molecule has 4 rings (SSSR count). The molecule has 1 aliphatic heterocycles. The van der Waals surface area contributed by atoms with Crippen LogP contribution >= 0.6 is 15.9 Å². The summed E-state index contributed by atoms with van der Waals surface area (Å²) in [5.41, 5.74) is 5.04. The maximum absolute atomic E-state index is 12.0. The maximum atomic E-state index is 12.0. The molecule has 29 heavy (non-hydrogen) atoms. The fourth-order valence-electron chi connectivity index (χ4n) is 3.85. The van der Waals surface area contributed by atoms with Crippen molar-refractivity contribution in [2.45, 2.75) is 25.8 Å². The highest BCUT2D eigenvalue weighted by atomic mass is 79.9. The molecule has 3 aromatic rings. The van der Waals surface area contributed by atoms with E-state index in [2.05, 4.69) is 55.4 Å². The molecule has 0 fully saturated rings. The lowest BCUT2D eigenvalue weighted by atomic mass is 10.00. The molecule has 0 atom stereocenters. The molecule has 5 heteroatoms. The van der Waals surface area contributed by atoms with Gasteiger partial charge in [0.25, 0.3) is 0 Å². The highest BCUT2D eigenvalue weighted by molar-refractivity contribution is 9.10. The van der Waals surface area contributed by atoms with Crippen molar-refractivity contribution in [2.75, 3.05) is 19.6 Å². The van der Waals surface area contributed by atoms with Gasteiger partial charge in [-0.3, -0.25) is 9.69 Å². The molecule has 2 aromatic carbocycles. The Bertz CT molecular complexity index is 1020. The third-order valence-electron chi connectivity index (χ3n) is 5.46. The first-order valence-corrected chi connectivity index (χ1v) is 11.0. The van der Waals surface area contributed by atoms with E-state index in [1.807, 2.05) is 30.5 Å². The Morgan fingerprint density at radius 1 is 1.14 bits per heavy atom. The van der Waals surface area contributed by atoms with Crippen LogP contribution in [0, 0.1) is 0 Å². The van der Waals surface area contributed by atoms with Gasteiger partial charge >= 0.3 is 0 Å².